The number of hydrogen-bond donors (Lipinski definition) is 0. The number of aromatic nitrogens is 4. The minimum Gasteiger partial charge on any atom is -0.368 e. The molecule has 2 aliphatic rings. The summed E-state index contributed by atoms with van der Waals surface area (Å²) < 4.78 is 3.01. The van der Waals surface area contributed by atoms with Crippen LogP contribution in [0.3, 0.4) is 0 Å². The second-order valence-corrected chi connectivity index (χ2v) is 7.14. The summed E-state index contributed by atoms with van der Waals surface area (Å²) in [5.41, 5.74) is 2.03. The highest BCUT2D eigenvalue weighted by Crippen LogP contribution is 2.22. The van der Waals surface area contributed by atoms with Gasteiger partial charge in [0.2, 0.25) is 5.91 Å². The number of pyridine rings is 1. The number of piperazine rings is 1. The quantitative estimate of drug-likeness (QED) is 0.768. The normalized spacial score (nSPS) is 20.2. The van der Waals surface area contributed by atoms with Gasteiger partial charge in [-0.2, -0.15) is 5.10 Å². The fraction of sp³-hybridized carbons (Fsp3) is 0.556. The second-order valence-electron chi connectivity index (χ2n) is 7.14. The van der Waals surface area contributed by atoms with Crippen molar-refractivity contribution in [2.24, 2.45) is 13.0 Å². The van der Waals surface area contributed by atoms with Gasteiger partial charge in [-0.3, -0.25) is 14.3 Å². The Hall–Kier alpha value is -2.64. The Morgan fingerprint density at radius 3 is 2.73 bits per heavy atom. The number of carbonyl (C=O) groups excluding carboxylic acids is 1. The maximum Gasteiger partial charge on any atom is 0.345 e. The van der Waals surface area contributed by atoms with E-state index >= 15 is 0 Å². The van der Waals surface area contributed by atoms with E-state index in [-0.39, 0.29) is 17.5 Å². The maximum absolute atomic E-state index is 12.9. The van der Waals surface area contributed by atoms with E-state index < -0.39 is 0 Å². The molecule has 4 heterocycles. The lowest BCUT2D eigenvalue weighted by molar-refractivity contribution is -0.136. The molecule has 1 atom stereocenters. The smallest absolute Gasteiger partial charge is 0.345 e. The van der Waals surface area contributed by atoms with E-state index in [9.17, 15) is 9.59 Å². The van der Waals surface area contributed by atoms with Crippen LogP contribution in [0.1, 0.15) is 17.9 Å². The van der Waals surface area contributed by atoms with E-state index in [0.29, 0.717) is 26.1 Å². The van der Waals surface area contributed by atoms with Gasteiger partial charge in [-0.1, -0.05) is 0 Å². The Kier molecular flexibility index (Phi) is 4.26. The Bertz CT molecular complexity index is 878. The Morgan fingerprint density at radius 2 is 2.00 bits per heavy atom. The van der Waals surface area contributed by atoms with Crippen LogP contribution in [0.15, 0.2) is 23.1 Å². The van der Waals surface area contributed by atoms with E-state index in [1.54, 1.807) is 11.6 Å². The van der Waals surface area contributed by atoms with Gasteiger partial charge in [-0.05, 0) is 25.5 Å². The molecule has 0 N–H and O–H groups in total. The van der Waals surface area contributed by atoms with E-state index in [0.717, 1.165) is 36.7 Å². The standard InChI is InChI=1S/C18H24N6O2/c1-13-11-15(5-6-19-13)22-7-9-23(10-8-22)17(25)14-3-4-16-20-21(2)18(26)24(16)12-14/h5-6,11,14H,3-4,7-10,12H2,1-2H3/t14-/m0/s1. The summed E-state index contributed by atoms with van der Waals surface area (Å²) in [6.07, 6.45) is 3.27. The van der Waals surface area contributed by atoms with E-state index in [2.05, 4.69) is 21.0 Å². The van der Waals surface area contributed by atoms with Crippen molar-refractivity contribution in [2.75, 3.05) is 31.1 Å². The number of hydrogen-bond acceptors (Lipinski definition) is 5. The van der Waals surface area contributed by atoms with E-state index in [1.807, 2.05) is 24.1 Å². The average molecular weight is 356 g/mol. The summed E-state index contributed by atoms with van der Waals surface area (Å²) >= 11 is 0. The highest BCUT2D eigenvalue weighted by molar-refractivity contribution is 5.79. The third-order valence-corrected chi connectivity index (χ3v) is 5.39. The molecule has 1 amide bonds. The van der Waals surface area contributed by atoms with Crippen molar-refractivity contribution < 1.29 is 4.79 Å². The summed E-state index contributed by atoms with van der Waals surface area (Å²) in [5, 5.41) is 4.24. The van der Waals surface area contributed by atoms with Gasteiger partial charge in [0.25, 0.3) is 0 Å². The summed E-state index contributed by atoms with van der Waals surface area (Å²) in [6, 6.07) is 4.09. The number of fused-ring (bicyclic) bond motifs is 1. The van der Waals surface area contributed by atoms with Gasteiger partial charge >= 0.3 is 5.69 Å². The Labute approximate surface area is 152 Å². The van der Waals surface area contributed by atoms with E-state index in [4.69, 9.17) is 0 Å². The molecule has 26 heavy (non-hydrogen) atoms. The number of amides is 1. The molecule has 2 aliphatic heterocycles. The van der Waals surface area contributed by atoms with Crippen molar-refractivity contribution in [3.63, 3.8) is 0 Å². The highest BCUT2D eigenvalue weighted by atomic mass is 16.2. The van der Waals surface area contributed by atoms with Crippen LogP contribution < -0.4 is 10.6 Å². The molecule has 2 aromatic heterocycles. The maximum atomic E-state index is 12.9. The molecular formula is C18H24N6O2. The first-order valence-electron chi connectivity index (χ1n) is 9.12. The molecule has 8 heteroatoms. The first-order valence-corrected chi connectivity index (χ1v) is 9.12. The second kappa shape index (κ2) is 6.59. The SMILES string of the molecule is Cc1cc(N2CCN(C(=O)[C@H]3CCc4nn(C)c(=O)n4C3)CC2)ccn1. The predicted octanol–water partition coefficient (Wildman–Crippen LogP) is 0.196. The molecule has 0 aromatic carbocycles. The van der Waals surface area contributed by atoms with Crippen LogP contribution in [0, 0.1) is 12.8 Å². The van der Waals surface area contributed by atoms with Crippen LogP contribution in [0.2, 0.25) is 0 Å². The number of aryl methyl sites for hydroxylation is 3. The van der Waals surface area contributed by atoms with Crippen molar-refractivity contribution in [1.82, 2.24) is 24.2 Å². The lowest BCUT2D eigenvalue weighted by Gasteiger charge is -2.38. The molecule has 0 saturated carbocycles. The molecule has 0 aliphatic carbocycles. The Morgan fingerprint density at radius 1 is 1.23 bits per heavy atom. The average Bonchev–Trinajstić information content (AvgIpc) is 2.95. The van der Waals surface area contributed by atoms with Crippen LogP contribution in [0.25, 0.3) is 0 Å². The third-order valence-electron chi connectivity index (χ3n) is 5.39. The predicted molar refractivity (Wildman–Crippen MR) is 97.0 cm³/mol. The van der Waals surface area contributed by atoms with Crippen molar-refractivity contribution in [3.05, 3.63) is 40.3 Å². The molecule has 1 saturated heterocycles. The van der Waals surface area contributed by atoms with Crippen molar-refractivity contribution >= 4 is 11.6 Å². The van der Waals surface area contributed by atoms with Crippen LogP contribution in [-0.2, 0) is 24.8 Å². The largest absolute Gasteiger partial charge is 0.368 e. The van der Waals surface area contributed by atoms with E-state index in [1.165, 1.54) is 4.68 Å². The minimum atomic E-state index is -0.129. The fourth-order valence-corrected chi connectivity index (χ4v) is 3.91. The zero-order valence-electron chi connectivity index (χ0n) is 15.3. The molecule has 0 bridgehead atoms. The molecule has 2 aromatic rings. The van der Waals surface area contributed by atoms with Crippen LogP contribution in [-0.4, -0.2) is 56.3 Å². The molecular weight excluding hydrogens is 332 g/mol. The van der Waals surface area contributed by atoms with Gasteiger partial charge in [-0.25, -0.2) is 9.48 Å². The highest BCUT2D eigenvalue weighted by Gasteiger charge is 2.32. The van der Waals surface area contributed by atoms with Crippen molar-refractivity contribution in [2.45, 2.75) is 26.3 Å². The monoisotopic (exact) mass is 356 g/mol. The van der Waals surface area contributed by atoms with Crippen molar-refractivity contribution in [1.29, 1.82) is 0 Å². The summed E-state index contributed by atoms with van der Waals surface area (Å²) in [5.74, 6) is 0.829. The number of nitrogens with zero attached hydrogens (tertiary/aromatic N) is 6. The lowest BCUT2D eigenvalue weighted by Crippen LogP contribution is -2.51. The molecule has 138 valence electrons. The Balaban J connectivity index is 1.40. The molecule has 8 nitrogen and oxygen atoms in total. The zero-order chi connectivity index (χ0) is 18.3. The van der Waals surface area contributed by atoms with Crippen LogP contribution in [0.4, 0.5) is 5.69 Å². The van der Waals surface area contributed by atoms with Gasteiger partial charge in [0, 0.05) is 63.8 Å². The van der Waals surface area contributed by atoms with Crippen LogP contribution in [0.5, 0.6) is 0 Å². The molecule has 0 unspecified atom stereocenters. The fourth-order valence-electron chi connectivity index (χ4n) is 3.91. The number of anilines is 1. The van der Waals surface area contributed by atoms with Gasteiger partial charge in [-0.15, -0.1) is 0 Å². The topological polar surface area (TPSA) is 76.3 Å². The van der Waals surface area contributed by atoms with Gasteiger partial charge in [0.15, 0.2) is 0 Å². The van der Waals surface area contributed by atoms with Gasteiger partial charge < -0.3 is 9.80 Å². The summed E-state index contributed by atoms with van der Waals surface area (Å²) in [6.45, 7) is 5.50. The van der Waals surface area contributed by atoms with Crippen LogP contribution >= 0.6 is 0 Å². The number of rotatable bonds is 2. The minimum absolute atomic E-state index is 0.126. The van der Waals surface area contributed by atoms with Gasteiger partial charge in [0.1, 0.15) is 5.82 Å². The molecule has 4 rings (SSSR count). The first-order chi connectivity index (χ1) is 12.5. The molecule has 1 fully saturated rings. The lowest BCUT2D eigenvalue weighted by atomic mass is 9.97. The zero-order valence-corrected chi connectivity index (χ0v) is 15.3. The van der Waals surface area contributed by atoms with Crippen molar-refractivity contribution in [3.8, 4) is 0 Å². The summed E-state index contributed by atoms with van der Waals surface area (Å²) in [7, 11) is 1.66. The third kappa shape index (κ3) is 3.00. The summed E-state index contributed by atoms with van der Waals surface area (Å²) in [4.78, 5) is 33.5. The van der Waals surface area contributed by atoms with Gasteiger partial charge in [0.05, 0.1) is 5.92 Å². The number of carbonyl (C=O) groups is 1. The molecule has 0 spiro atoms. The molecule has 0 radical (unpaired) electrons. The first kappa shape index (κ1) is 16.8.